The highest BCUT2D eigenvalue weighted by molar-refractivity contribution is 8.13. The monoisotopic (exact) mass is 1010 g/mol. The number of imidazole rings is 1. The Hall–Kier alpha value is -2.33. The van der Waals surface area contributed by atoms with Gasteiger partial charge in [0.25, 0.3) is 15.6 Å². The van der Waals surface area contributed by atoms with Gasteiger partial charge in [0.05, 0.1) is 41.3 Å². The Morgan fingerprint density at radius 3 is 2.30 bits per heavy atom. The Morgan fingerprint density at radius 2 is 1.64 bits per heavy atom. The Bertz CT molecular complexity index is 2070. The minimum absolute atomic E-state index is 0.0275. The van der Waals surface area contributed by atoms with Crippen molar-refractivity contribution in [3.8, 4) is 0 Å². The Kier molecular flexibility index (Phi) is 21.5. The number of phosphoric ester groups is 4. The van der Waals surface area contributed by atoms with Gasteiger partial charge in [-0.3, -0.25) is 28.1 Å². The van der Waals surface area contributed by atoms with Gasteiger partial charge in [-0.05, 0) is 12.8 Å². The highest BCUT2D eigenvalue weighted by atomic mass is 32.2. The fourth-order valence-electron chi connectivity index (χ4n) is 5.85. The van der Waals surface area contributed by atoms with Crippen molar-refractivity contribution < 1.29 is 99.4 Å². The van der Waals surface area contributed by atoms with Crippen LogP contribution in [0.25, 0.3) is 11.2 Å². The van der Waals surface area contributed by atoms with E-state index in [9.17, 15) is 72.2 Å². The number of amides is 2. The maximum atomic E-state index is 12.6. The average Bonchev–Trinajstić information content (AvgIpc) is 3.74. The van der Waals surface area contributed by atoms with Crippen LogP contribution in [0.5, 0.6) is 0 Å². The number of nitrogens with one attached hydrogen (secondary N) is 2. The first kappa shape index (κ1) is 56.0. The molecule has 28 nitrogen and oxygen atoms in total. The summed E-state index contributed by atoms with van der Waals surface area (Å²) in [6.07, 6.45) is -5.18. The number of phosphoric acid groups is 4. The molecule has 366 valence electrons. The van der Waals surface area contributed by atoms with Gasteiger partial charge in [-0.15, -0.1) is 0 Å². The first-order chi connectivity index (χ1) is 29.6. The lowest BCUT2D eigenvalue weighted by Gasteiger charge is -2.36. The summed E-state index contributed by atoms with van der Waals surface area (Å²) < 4.78 is 76.2. The van der Waals surface area contributed by atoms with Crippen molar-refractivity contribution in [2.45, 2.75) is 109 Å². The number of aliphatic hydroxyl groups is 2. The number of ether oxygens (including phenoxy) is 1. The van der Waals surface area contributed by atoms with E-state index >= 15 is 0 Å². The lowest BCUT2D eigenvalue weighted by Crippen LogP contribution is -2.46. The van der Waals surface area contributed by atoms with E-state index in [1.807, 2.05) is 6.92 Å². The molecule has 3 rings (SSSR count). The average molecular weight is 1010 g/mol. The van der Waals surface area contributed by atoms with Gasteiger partial charge in [0, 0.05) is 37.1 Å². The number of nitrogens with zero attached hydrogens (tertiary/aromatic N) is 4. The van der Waals surface area contributed by atoms with E-state index in [0.717, 1.165) is 62.1 Å². The molecule has 0 radical (unpaired) electrons. The normalized spacial score (nSPS) is 21.2. The Morgan fingerprint density at radius 1 is 0.953 bits per heavy atom. The van der Waals surface area contributed by atoms with Gasteiger partial charge >= 0.3 is 0 Å². The fraction of sp³-hybridized carbons (Fsp3) is 0.742. The van der Waals surface area contributed by atoms with Crippen LogP contribution in [-0.2, 0) is 59.8 Å². The summed E-state index contributed by atoms with van der Waals surface area (Å²) in [5.41, 5.74) is 3.98. The van der Waals surface area contributed by atoms with Gasteiger partial charge in [-0.2, -0.15) is 0 Å². The lowest BCUT2D eigenvalue weighted by atomic mass is 9.87. The van der Waals surface area contributed by atoms with Crippen molar-refractivity contribution in [3.05, 3.63) is 12.7 Å². The van der Waals surface area contributed by atoms with Crippen LogP contribution >= 0.6 is 43.1 Å². The number of nitrogen functional groups attached to an aromatic ring is 1. The van der Waals surface area contributed by atoms with Crippen molar-refractivity contribution in [1.82, 2.24) is 30.2 Å². The standard InChI is InChI=1S/C31H55N7O21P4S/c1-4-5-6-7-8-19(57-60(44,45)46)9-10-22(40)64-14-13-33-21(39)11-12-34-29(43)26(42)31(2,3)16-55-63(52,53)59-62(50,51)54-15-20-25(58-61(47,48)49)24(41)30(56-20)38-18-37-23-27(32)35-17-36-28(23)38/h17-20,24-26,30,41-42H,4-16H2,1-3H3,(H,33,39)(H,34,43)(H,50,51)(H,52,53)(H2,32,35,36)(H2,44,45,46)(H2,47,48,49)/p-6/t19?,20-,24-,25-,26+,30-/m1/s1. The van der Waals surface area contributed by atoms with Crippen LogP contribution in [0.15, 0.2) is 12.7 Å². The molecule has 2 aromatic heterocycles. The van der Waals surface area contributed by atoms with Crippen LogP contribution in [0.1, 0.15) is 78.4 Å². The molecule has 1 fully saturated rings. The number of carbonyl (C=O) groups excluding carboxylic acids is 3. The van der Waals surface area contributed by atoms with Crippen LogP contribution in [0.3, 0.4) is 0 Å². The minimum atomic E-state index is -5.95. The lowest BCUT2D eigenvalue weighted by molar-refractivity contribution is -0.348. The van der Waals surface area contributed by atoms with Crippen molar-refractivity contribution >= 4 is 77.0 Å². The number of hydrogen-bond donors (Lipinski definition) is 5. The fourth-order valence-corrected chi connectivity index (χ4v) is 9.86. The molecule has 2 amide bonds. The number of aliphatic hydroxyl groups excluding tert-OH is 2. The molecular weight excluding hydrogens is 962 g/mol. The third-order valence-electron chi connectivity index (χ3n) is 9.07. The van der Waals surface area contributed by atoms with E-state index in [2.05, 4.69) is 48.0 Å². The summed E-state index contributed by atoms with van der Waals surface area (Å²) in [6.45, 7) is 1.73. The number of aromatic nitrogens is 4. The second-order valence-corrected chi connectivity index (χ2v) is 21.1. The molecule has 6 N–H and O–H groups in total. The molecule has 0 bridgehead atoms. The molecule has 33 heteroatoms. The van der Waals surface area contributed by atoms with Gasteiger partial charge in [0.15, 0.2) is 22.8 Å². The van der Waals surface area contributed by atoms with Gasteiger partial charge in [0.2, 0.25) is 11.8 Å². The van der Waals surface area contributed by atoms with Crippen molar-refractivity contribution in [3.63, 3.8) is 0 Å². The number of hydrogen-bond acceptors (Lipinski definition) is 26. The van der Waals surface area contributed by atoms with Gasteiger partial charge in [0.1, 0.15) is 36.3 Å². The molecular formula is C31H49N7O21P4S-6. The summed E-state index contributed by atoms with van der Waals surface area (Å²) in [5, 5.41) is 25.9. The molecule has 1 saturated heterocycles. The Balaban J connectivity index is 1.41. The largest absolute Gasteiger partial charge is 0.790 e. The number of nitrogens with two attached hydrogens (primary N) is 1. The molecule has 1 aliphatic rings. The minimum Gasteiger partial charge on any atom is -0.790 e. The van der Waals surface area contributed by atoms with Gasteiger partial charge in [-0.25, -0.2) is 19.3 Å². The van der Waals surface area contributed by atoms with E-state index < -0.39 is 98.5 Å². The van der Waals surface area contributed by atoms with Crippen molar-refractivity contribution in [1.29, 1.82) is 0 Å². The second kappa shape index (κ2) is 24.6. The van der Waals surface area contributed by atoms with Gasteiger partial charge < -0.3 is 87.9 Å². The molecule has 0 saturated carbocycles. The van der Waals surface area contributed by atoms with E-state index in [1.165, 1.54) is 0 Å². The number of thioether (sulfide) groups is 1. The van der Waals surface area contributed by atoms with Crippen LogP contribution in [-0.4, -0.2) is 109 Å². The molecule has 3 heterocycles. The van der Waals surface area contributed by atoms with Crippen LogP contribution < -0.4 is 45.7 Å². The maximum Gasteiger partial charge on any atom is 0.274 e. The van der Waals surface area contributed by atoms with E-state index in [-0.39, 0.29) is 60.2 Å². The van der Waals surface area contributed by atoms with E-state index in [4.69, 9.17) is 10.5 Å². The third kappa shape index (κ3) is 19.1. The smallest absolute Gasteiger partial charge is 0.274 e. The Labute approximate surface area is 370 Å². The van der Waals surface area contributed by atoms with E-state index in [0.29, 0.717) is 12.8 Å². The van der Waals surface area contributed by atoms with Crippen LogP contribution in [0.2, 0.25) is 0 Å². The predicted molar refractivity (Wildman–Crippen MR) is 209 cm³/mol. The zero-order chi connectivity index (χ0) is 48.1. The molecule has 0 aromatic carbocycles. The molecule has 8 atom stereocenters. The SMILES string of the molecule is CCCCCCC(CCC(=O)SCCNC(=O)CCNC(=O)[C@H](O)C(C)(C)COP(=O)([O-])OP(=O)([O-])OC[C@H]1O[C@@H](n2cnc3c(N)ncnc32)[C@H](O)[C@@H]1OP(=O)([O-])[O-])OP(=O)([O-])[O-]. The summed E-state index contributed by atoms with van der Waals surface area (Å²) in [7, 11) is -22.9. The molecule has 2 aromatic rings. The molecule has 64 heavy (non-hydrogen) atoms. The third-order valence-corrected chi connectivity index (χ3v) is 13.6. The number of carbonyl (C=O) groups is 3. The van der Waals surface area contributed by atoms with Gasteiger partial charge in [-0.1, -0.05) is 58.2 Å². The molecule has 1 aliphatic heterocycles. The zero-order valence-electron chi connectivity index (χ0n) is 34.5. The summed E-state index contributed by atoms with van der Waals surface area (Å²) >= 11 is 0.870. The predicted octanol–water partition coefficient (Wildman–Crippen LogP) is -2.90. The van der Waals surface area contributed by atoms with Crippen molar-refractivity contribution in [2.24, 2.45) is 5.41 Å². The molecule has 0 spiro atoms. The highest BCUT2D eigenvalue weighted by Gasteiger charge is 2.47. The first-order valence-corrected chi connectivity index (χ1v) is 26.1. The van der Waals surface area contributed by atoms with Crippen molar-refractivity contribution in [2.75, 3.05) is 37.8 Å². The zero-order valence-corrected chi connectivity index (χ0v) is 38.9. The van der Waals surface area contributed by atoms with Crippen LogP contribution in [0.4, 0.5) is 5.82 Å². The second-order valence-electron chi connectivity index (χ2n) is 14.8. The number of anilines is 1. The molecule has 0 aliphatic carbocycles. The molecule has 3 unspecified atom stereocenters. The number of fused-ring (bicyclic) bond motifs is 1. The number of rotatable bonds is 29. The summed E-state index contributed by atoms with van der Waals surface area (Å²) in [5.74, 6) is -1.57. The van der Waals surface area contributed by atoms with Crippen LogP contribution in [0, 0.1) is 5.41 Å². The topological polar surface area (TPSA) is 447 Å². The summed E-state index contributed by atoms with van der Waals surface area (Å²) in [6, 6.07) is 0. The number of unbranched alkanes of at least 4 members (excludes halogenated alkanes) is 3. The maximum absolute atomic E-state index is 12.6. The first-order valence-electron chi connectivity index (χ1n) is 19.3. The quantitative estimate of drug-likeness (QED) is 0.0403. The highest BCUT2D eigenvalue weighted by Crippen LogP contribution is 2.56. The summed E-state index contributed by atoms with van der Waals surface area (Å²) in [4.78, 5) is 119. The van der Waals surface area contributed by atoms with E-state index in [1.54, 1.807) is 0 Å².